The van der Waals surface area contributed by atoms with Crippen LogP contribution in [0.4, 0.5) is 24.5 Å². The second-order valence-corrected chi connectivity index (χ2v) is 6.97. The van der Waals surface area contributed by atoms with Gasteiger partial charge in [0.05, 0.1) is 18.8 Å². The molecule has 0 fully saturated rings. The fourth-order valence-corrected chi connectivity index (χ4v) is 3.19. The predicted molar refractivity (Wildman–Crippen MR) is 116 cm³/mol. The molecule has 32 heavy (non-hydrogen) atoms. The minimum Gasteiger partial charge on any atom is -0.494 e. The van der Waals surface area contributed by atoms with Crippen molar-refractivity contribution in [2.24, 2.45) is 0 Å². The number of halogens is 3. The number of benzene rings is 3. The Bertz CT molecular complexity index is 1060. The topological polar surface area (TPSA) is 70.6 Å². The maximum atomic E-state index is 13.1. The van der Waals surface area contributed by atoms with Crippen LogP contribution >= 0.6 is 0 Å². The highest BCUT2D eigenvalue weighted by Gasteiger charge is 2.31. The van der Waals surface area contributed by atoms with Crippen molar-refractivity contribution < 1.29 is 27.8 Å². The molecule has 0 heterocycles. The van der Waals surface area contributed by atoms with Crippen molar-refractivity contribution in [3.8, 4) is 5.75 Å². The molecule has 0 radical (unpaired) electrons. The number of nitrogens with one attached hydrogen (secondary N) is 2. The number of aliphatic hydroxyl groups is 1. The van der Waals surface area contributed by atoms with E-state index in [1.54, 1.807) is 48.5 Å². The first-order valence-corrected chi connectivity index (χ1v) is 9.98. The van der Waals surface area contributed by atoms with Crippen LogP contribution in [0.15, 0.2) is 72.8 Å². The number of carbonyl (C=O) groups excluding carboxylic acids is 1. The average Bonchev–Trinajstić information content (AvgIpc) is 2.78. The van der Waals surface area contributed by atoms with Crippen molar-refractivity contribution in [3.63, 3.8) is 0 Å². The number of alkyl halides is 3. The smallest absolute Gasteiger partial charge is 0.416 e. The summed E-state index contributed by atoms with van der Waals surface area (Å²) in [5.74, 6) is 0.000172. The number of hydrogen-bond acceptors (Lipinski definition) is 4. The van der Waals surface area contributed by atoms with E-state index in [9.17, 15) is 23.1 Å². The van der Waals surface area contributed by atoms with Crippen molar-refractivity contribution in [3.05, 3.63) is 89.5 Å². The predicted octanol–water partition coefficient (Wildman–Crippen LogP) is 5.39. The molecule has 3 N–H and O–H groups in total. The lowest BCUT2D eigenvalue weighted by molar-refractivity contribution is -0.137. The highest BCUT2D eigenvalue weighted by atomic mass is 19.4. The second-order valence-electron chi connectivity index (χ2n) is 6.97. The third-order valence-corrected chi connectivity index (χ3v) is 4.69. The summed E-state index contributed by atoms with van der Waals surface area (Å²) in [7, 11) is 0. The molecular formula is C24H23F3N2O3. The summed E-state index contributed by atoms with van der Waals surface area (Å²) in [6.07, 6.45) is -4.51. The van der Waals surface area contributed by atoms with Crippen molar-refractivity contribution in [1.82, 2.24) is 0 Å². The molecule has 0 aliphatic heterocycles. The van der Waals surface area contributed by atoms with E-state index in [2.05, 4.69) is 10.6 Å². The van der Waals surface area contributed by atoms with E-state index < -0.39 is 23.7 Å². The molecule has 3 aromatic carbocycles. The van der Waals surface area contributed by atoms with E-state index in [4.69, 9.17) is 4.74 Å². The van der Waals surface area contributed by atoms with Crippen molar-refractivity contribution in [2.45, 2.75) is 25.7 Å². The van der Waals surface area contributed by atoms with E-state index in [1.807, 2.05) is 6.92 Å². The Kier molecular flexibility index (Phi) is 7.37. The van der Waals surface area contributed by atoms with Gasteiger partial charge in [-0.15, -0.1) is 0 Å². The van der Waals surface area contributed by atoms with Gasteiger partial charge in [0, 0.05) is 16.9 Å². The lowest BCUT2D eigenvalue weighted by Crippen LogP contribution is -2.27. The van der Waals surface area contributed by atoms with Gasteiger partial charge in [0.1, 0.15) is 11.8 Å². The number of ether oxygens (including phenoxy) is 1. The van der Waals surface area contributed by atoms with E-state index >= 15 is 0 Å². The van der Waals surface area contributed by atoms with Gasteiger partial charge in [-0.25, -0.2) is 0 Å². The second kappa shape index (κ2) is 10.2. The molecule has 168 valence electrons. The average molecular weight is 444 g/mol. The van der Waals surface area contributed by atoms with E-state index in [1.165, 1.54) is 12.1 Å². The molecule has 0 aliphatic rings. The molecule has 5 nitrogen and oxygen atoms in total. The first-order chi connectivity index (χ1) is 15.3. The Morgan fingerprint density at radius 1 is 1.00 bits per heavy atom. The number of aliphatic hydroxyl groups excluding tert-OH is 1. The summed E-state index contributed by atoms with van der Waals surface area (Å²) >= 11 is 0. The molecule has 1 atom stereocenters. The molecule has 0 unspecified atom stereocenters. The number of hydrogen-bond donors (Lipinski definition) is 3. The molecule has 0 aliphatic carbocycles. The molecule has 0 bridgehead atoms. The summed E-state index contributed by atoms with van der Waals surface area (Å²) in [6.45, 7) is 2.01. The zero-order valence-electron chi connectivity index (χ0n) is 17.3. The molecule has 0 saturated heterocycles. The van der Waals surface area contributed by atoms with Crippen LogP contribution in [0.25, 0.3) is 0 Å². The number of rotatable bonds is 8. The fourth-order valence-electron chi connectivity index (χ4n) is 3.19. The van der Waals surface area contributed by atoms with Crippen LogP contribution in [-0.2, 0) is 17.6 Å². The van der Waals surface area contributed by atoms with Crippen LogP contribution in [-0.4, -0.2) is 17.6 Å². The highest BCUT2D eigenvalue weighted by Crippen LogP contribution is 2.31. The van der Waals surface area contributed by atoms with Crippen LogP contribution in [0.1, 0.15) is 29.7 Å². The Morgan fingerprint density at radius 2 is 1.75 bits per heavy atom. The normalized spacial score (nSPS) is 12.2. The summed E-state index contributed by atoms with van der Waals surface area (Å²) in [6, 6.07) is 17.4. The van der Waals surface area contributed by atoms with Crippen LogP contribution in [0.5, 0.6) is 5.75 Å². The number of carbonyl (C=O) groups is 1. The Morgan fingerprint density at radius 3 is 2.41 bits per heavy atom. The lowest BCUT2D eigenvalue weighted by atomic mass is 10.0. The molecule has 0 spiro atoms. The number of amides is 1. The van der Waals surface area contributed by atoms with Crippen molar-refractivity contribution >= 4 is 17.3 Å². The van der Waals surface area contributed by atoms with Crippen molar-refractivity contribution in [1.29, 1.82) is 0 Å². The fraction of sp³-hybridized carbons (Fsp3) is 0.208. The first-order valence-electron chi connectivity index (χ1n) is 9.98. The quantitative estimate of drug-likeness (QED) is 0.436. The maximum absolute atomic E-state index is 13.1. The van der Waals surface area contributed by atoms with Crippen molar-refractivity contribution in [2.75, 3.05) is 17.2 Å². The molecular weight excluding hydrogens is 421 g/mol. The summed E-state index contributed by atoms with van der Waals surface area (Å²) in [5.41, 5.74) is 0.901. The van der Waals surface area contributed by atoms with E-state index in [0.717, 1.165) is 12.1 Å². The maximum Gasteiger partial charge on any atom is 0.416 e. The van der Waals surface area contributed by atoms with Gasteiger partial charge in [-0.3, -0.25) is 4.79 Å². The Hall–Kier alpha value is -3.52. The van der Waals surface area contributed by atoms with Gasteiger partial charge in [-0.2, -0.15) is 13.2 Å². The molecule has 3 aromatic rings. The minimum absolute atomic E-state index is 0.0373. The van der Waals surface area contributed by atoms with Crippen LogP contribution in [0, 0.1) is 0 Å². The molecule has 1 amide bonds. The van der Waals surface area contributed by atoms with Crippen LogP contribution < -0.4 is 15.4 Å². The van der Waals surface area contributed by atoms with Gasteiger partial charge in [0.25, 0.3) is 5.91 Å². The van der Waals surface area contributed by atoms with E-state index in [0.29, 0.717) is 29.2 Å². The monoisotopic (exact) mass is 444 g/mol. The third-order valence-electron chi connectivity index (χ3n) is 4.69. The largest absolute Gasteiger partial charge is 0.494 e. The molecule has 0 saturated carbocycles. The van der Waals surface area contributed by atoms with Gasteiger partial charge in [-0.1, -0.05) is 36.4 Å². The van der Waals surface area contributed by atoms with Gasteiger partial charge in [0.15, 0.2) is 0 Å². The summed E-state index contributed by atoms with van der Waals surface area (Å²) in [4.78, 5) is 13.1. The SMILES string of the molecule is CCOc1ccc(N[C@H](C(=O)Nc2cccc(C(F)(F)F)c2)c2ccccc2)cc1CO. The zero-order chi connectivity index (χ0) is 23.1. The number of anilines is 2. The van der Waals surface area contributed by atoms with Crippen LogP contribution in [0.3, 0.4) is 0 Å². The standard InChI is InChI=1S/C24H23F3N2O3/c1-2-32-21-12-11-20(13-17(21)15-30)28-22(16-7-4-3-5-8-16)23(31)29-19-10-6-9-18(14-19)24(25,26)27/h3-14,22,28,30H,2,15H2,1H3,(H,29,31)/t22-/m0/s1. The molecule has 0 aromatic heterocycles. The molecule has 3 rings (SSSR count). The van der Waals surface area contributed by atoms with Gasteiger partial charge < -0.3 is 20.5 Å². The zero-order valence-corrected chi connectivity index (χ0v) is 17.3. The van der Waals surface area contributed by atoms with Gasteiger partial charge in [0.2, 0.25) is 0 Å². The lowest BCUT2D eigenvalue weighted by Gasteiger charge is -2.21. The summed E-state index contributed by atoms with van der Waals surface area (Å²) in [5, 5.41) is 15.3. The third kappa shape index (κ3) is 5.79. The van der Waals surface area contributed by atoms with E-state index in [-0.39, 0.29) is 12.3 Å². The Balaban J connectivity index is 1.88. The highest BCUT2D eigenvalue weighted by molar-refractivity contribution is 5.97. The minimum atomic E-state index is -4.51. The summed E-state index contributed by atoms with van der Waals surface area (Å²) < 4.78 is 44.5. The molecule has 8 heteroatoms. The van der Waals surface area contributed by atoms with Gasteiger partial charge in [-0.05, 0) is 48.9 Å². The van der Waals surface area contributed by atoms with Gasteiger partial charge >= 0.3 is 6.18 Å². The first kappa shape index (κ1) is 23.1. The van der Waals surface area contributed by atoms with Crippen LogP contribution in [0.2, 0.25) is 0 Å². The Labute approximate surface area is 183 Å².